The summed E-state index contributed by atoms with van der Waals surface area (Å²) in [7, 11) is 0. The van der Waals surface area contributed by atoms with Crippen molar-refractivity contribution in [2.45, 2.75) is 39.5 Å². The van der Waals surface area contributed by atoms with E-state index in [9.17, 15) is 0 Å². The van der Waals surface area contributed by atoms with Gasteiger partial charge in [0.25, 0.3) is 0 Å². The van der Waals surface area contributed by atoms with E-state index in [1.54, 1.807) is 0 Å². The predicted molar refractivity (Wildman–Crippen MR) is 63.6 cm³/mol. The zero-order valence-corrected chi connectivity index (χ0v) is 9.51. The van der Waals surface area contributed by atoms with E-state index < -0.39 is 0 Å². The Balaban J connectivity index is 2.94. The molecule has 0 radical (unpaired) electrons. The van der Waals surface area contributed by atoms with Gasteiger partial charge in [0.2, 0.25) is 0 Å². The summed E-state index contributed by atoms with van der Waals surface area (Å²) in [5.41, 5.74) is 4.10. The van der Waals surface area contributed by atoms with E-state index in [2.05, 4.69) is 51.6 Å². The first kappa shape index (κ1) is 11.0. The molecule has 0 fully saturated rings. The van der Waals surface area contributed by atoms with Crippen LogP contribution in [0.3, 0.4) is 0 Å². The minimum Gasteiger partial charge on any atom is -0.0993 e. The number of hydrogen-bond donors (Lipinski definition) is 0. The Bertz CT molecular complexity index is 310. The molecule has 0 heteroatoms. The smallest absolute Gasteiger partial charge is 0.00428 e. The number of rotatable bonds is 4. The van der Waals surface area contributed by atoms with Crippen molar-refractivity contribution in [3.05, 3.63) is 47.5 Å². The minimum atomic E-state index is 0.542. The van der Waals surface area contributed by atoms with Crippen LogP contribution >= 0.6 is 0 Å². The first-order valence-electron chi connectivity index (χ1n) is 5.43. The summed E-state index contributed by atoms with van der Waals surface area (Å²) in [6.07, 6.45) is 2.22. The minimum absolute atomic E-state index is 0.542. The van der Waals surface area contributed by atoms with Gasteiger partial charge in [-0.25, -0.2) is 0 Å². The summed E-state index contributed by atoms with van der Waals surface area (Å²) < 4.78 is 0. The van der Waals surface area contributed by atoms with Gasteiger partial charge in [-0.05, 0) is 25.3 Å². The van der Waals surface area contributed by atoms with E-state index in [1.807, 2.05) is 0 Å². The second-order valence-corrected chi connectivity index (χ2v) is 3.89. The van der Waals surface area contributed by atoms with E-state index in [4.69, 9.17) is 0 Å². The Hall–Kier alpha value is -1.04. The number of benzene rings is 1. The van der Waals surface area contributed by atoms with Crippen LogP contribution in [-0.4, -0.2) is 0 Å². The summed E-state index contributed by atoms with van der Waals surface area (Å²) >= 11 is 0. The van der Waals surface area contributed by atoms with Gasteiger partial charge >= 0.3 is 0 Å². The van der Waals surface area contributed by atoms with Crippen LogP contribution < -0.4 is 0 Å². The molecule has 1 aromatic rings. The second kappa shape index (κ2) is 4.99. The normalized spacial score (nSPS) is 12.5. The lowest BCUT2D eigenvalue weighted by Gasteiger charge is -2.17. The molecule has 0 aliphatic rings. The van der Waals surface area contributed by atoms with Gasteiger partial charge in [0.15, 0.2) is 0 Å². The second-order valence-electron chi connectivity index (χ2n) is 3.89. The quantitative estimate of drug-likeness (QED) is 0.612. The summed E-state index contributed by atoms with van der Waals surface area (Å²) in [6, 6.07) is 8.76. The molecule has 0 nitrogen and oxygen atoms in total. The maximum atomic E-state index is 4.15. The fraction of sp³-hybridized carbons (Fsp3) is 0.429. The third kappa shape index (κ3) is 2.47. The van der Waals surface area contributed by atoms with Crippen molar-refractivity contribution in [1.82, 2.24) is 0 Å². The predicted octanol–water partition coefficient (Wildman–Crippen LogP) is 4.45. The highest BCUT2D eigenvalue weighted by atomic mass is 14.2. The molecule has 0 aromatic heterocycles. The Labute approximate surface area is 87.7 Å². The summed E-state index contributed by atoms with van der Waals surface area (Å²) in [5, 5.41) is 0. The van der Waals surface area contributed by atoms with Gasteiger partial charge in [0.05, 0.1) is 0 Å². The molecule has 1 atom stereocenters. The third-order valence-electron chi connectivity index (χ3n) is 2.80. The van der Waals surface area contributed by atoms with Crippen LogP contribution in [0.5, 0.6) is 0 Å². The molecule has 14 heavy (non-hydrogen) atoms. The molecule has 0 aliphatic heterocycles. The molecule has 0 saturated heterocycles. The Morgan fingerprint density at radius 2 is 2.07 bits per heavy atom. The lowest BCUT2D eigenvalue weighted by Crippen LogP contribution is -2.00. The summed E-state index contributed by atoms with van der Waals surface area (Å²) in [6.45, 7) is 10.7. The average molecular weight is 188 g/mol. The molecule has 1 unspecified atom stereocenters. The highest BCUT2D eigenvalue weighted by Crippen LogP contribution is 2.28. The molecule has 0 amide bonds. The van der Waals surface area contributed by atoms with Crippen LogP contribution in [0.15, 0.2) is 36.4 Å². The van der Waals surface area contributed by atoms with Crippen LogP contribution in [0, 0.1) is 6.92 Å². The van der Waals surface area contributed by atoms with Crippen LogP contribution in [-0.2, 0) is 0 Å². The maximum absolute atomic E-state index is 4.15. The molecule has 0 heterocycles. The van der Waals surface area contributed by atoms with Crippen LogP contribution in [0.4, 0.5) is 0 Å². The highest BCUT2D eigenvalue weighted by Gasteiger charge is 2.11. The summed E-state index contributed by atoms with van der Waals surface area (Å²) in [5.74, 6) is 0.542. The van der Waals surface area contributed by atoms with Crippen molar-refractivity contribution >= 4 is 0 Å². The van der Waals surface area contributed by atoms with Crippen molar-refractivity contribution < 1.29 is 0 Å². The fourth-order valence-electron chi connectivity index (χ4n) is 1.89. The molecule has 0 aliphatic carbocycles. The number of hydrogen-bond acceptors (Lipinski definition) is 0. The van der Waals surface area contributed by atoms with E-state index in [-0.39, 0.29) is 0 Å². The Morgan fingerprint density at radius 1 is 1.36 bits per heavy atom. The first-order valence-corrected chi connectivity index (χ1v) is 5.43. The van der Waals surface area contributed by atoms with Gasteiger partial charge in [-0.1, -0.05) is 55.8 Å². The number of allylic oxidation sites excluding steroid dienone is 1. The largest absolute Gasteiger partial charge is 0.0993 e. The Kier molecular flexibility index (Phi) is 3.94. The van der Waals surface area contributed by atoms with Crippen molar-refractivity contribution in [2.24, 2.45) is 0 Å². The lowest BCUT2D eigenvalue weighted by atomic mass is 9.88. The van der Waals surface area contributed by atoms with Crippen LogP contribution in [0.25, 0.3) is 0 Å². The molecule has 0 saturated carbocycles. The molecular formula is C14H20. The molecule has 76 valence electrons. The summed E-state index contributed by atoms with van der Waals surface area (Å²) in [4.78, 5) is 0. The lowest BCUT2D eigenvalue weighted by molar-refractivity contribution is 0.733. The van der Waals surface area contributed by atoms with Crippen molar-refractivity contribution in [1.29, 1.82) is 0 Å². The van der Waals surface area contributed by atoms with E-state index in [0.29, 0.717) is 5.92 Å². The maximum Gasteiger partial charge on any atom is 0.00428 e. The molecule has 0 spiro atoms. The molecule has 0 bridgehead atoms. The van der Waals surface area contributed by atoms with Gasteiger partial charge in [-0.15, -0.1) is 0 Å². The zero-order chi connectivity index (χ0) is 10.6. The van der Waals surface area contributed by atoms with Gasteiger partial charge < -0.3 is 0 Å². The van der Waals surface area contributed by atoms with Gasteiger partial charge in [-0.3, -0.25) is 0 Å². The average Bonchev–Trinajstić information content (AvgIpc) is 2.19. The number of aryl methyl sites for hydroxylation is 1. The molecular weight excluding hydrogens is 168 g/mol. The van der Waals surface area contributed by atoms with E-state index in [0.717, 1.165) is 12.8 Å². The van der Waals surface area contributed by atoms with E-state index in [1.165, 1.54) is 16.7 Å². The van der Waals surface area contributed by atoms with Crippen molar-refractivity contribution in [3.63, 3.8) is 0 Å². The van der Waals surface area contributed by atoms with Crippen LogP contribution in [0.1, 0.15) is 43.7 Å². The fourth-order valence-corrected chi connectivity index (χ4v) is 1.89. The zero-order valence-electron chi connectivity index (χ0n) is 9.51. The Morgan fingerprint density at radius 3 is 2.57 bits per heavy atom. The first-order chi connectivity index (χ1) is 6.69. The van der Waals surface area contributed by atoms with Gasteiger partial charge in [0.1, 0.15) is 0 Å². The standard InChI is InChI=1S/C14H20/c1-5-12(4)14(6-2)13-9-7-8-11(3)10-13/h7-10,14H,4-6H2,1-3H3. The molecule has 1 aromatic carbocycles. The monoisotopic (exact) mass is 188 g/mol. The third-order valence-corrected chi connectivity index (χ3v) is 2.80. The van der Waals surface area contributed by atoms with Gasteiger partial charge in [-0.2, -0.15) is 0 Å². The SMILES string of the molecule is C=C(CC)C(CC)c1cccc(C)c1. The van der Waals surface area contributed by atoms with Gasteiger partial charge in [0, 0.05) is 5.92 Å². The van der Waals surface area contributed by atoms with Crippen molar-refractivity contribution in [2.75, 3.05) is 0 Å². The van der Waals surface area contributed by atoms with Crippen LogP contribution in [0.2, 0.25) is 0 Å². The molecule has 1 rings (SSSR count). The van der Waals surface area contributed by atoms with E-state index >= 15 is 0 Å². The topological polar surface area (TPSA) is 0 Å². The van der Waals surface area contributed by atoms with Crippen molar-refractivity contribution in [3.8, 4) is 0 Å². The highest BCUT2D eigenvalue weighted by molar-refractivity contribution is 5.30. The molecule has 0 N–H and O–H groups in total.